The number of carboxylic acids is 1. The lowest BCUT2D eigenvalue weighted by Crippen LogP contribution is -2.13. The molecule has 0 aromatic carbocycles. The molecule has 16 heavy (non-hydrogen) atoms. The van der Waals surface area contributed by atoms with Gasteiger partial charge in [0.15, 0.2) is 0 Å². The van der Waals surface area contributed by atoms with Gasteiger partial charge < -0.3 is 16.6 Å². The first-order chi connectivity index (χ1) is 7.47. The molecule has 0 aliphatic carbocycles. The summed E-state index contributed by atoms with van der Waals surface area (Å²) in [7, 11) is 0. The van der Waals surface area contributed by atoms with Crippen LogP contribution in [-0.4, -0.2) is 16.1 Å². The monoisotopic (exact) mass is 231 g/mol. The third kappa shape index (κ3) is 2.43. The van der Waals surface area contributed by atoms with Crippen LogP contribution in [0.25, 0.3) is 0 Å². The Labute approximate surface area is 90.1 Å². The molecule has 0 saturated heterocycles. The molecule has 0 fully saturated rings. The van der Waals surface area contributed by atoms with Crippen LogP contribution in [0.1, 0.15) is 23.1 Å². The van der Waals surface area contributed by atoms with E-state index in [4.69, 9.17) is 16.6 Å². The number of carboxylic acid groups (broad SMARTS) is 1. The number of hydrogen-bond donors (Lipinski definition) is 3. The maximum Gasteiger partial charge on any atom is 0.307 e. The van der Waals surface area contributed by atoms with Crippen molar-refractivity contribution in [3.8, 4) is 0 Å². The number of nitrogens with two attached hydrogens (primary N) is 2. The third-order valence-electron chi connectivity index (χ3n) is 2.10. The van der Waals surface area contributed by atoms with Gasteiger partial charge in [-0.1, -0.05) is 0 Å². The topological polar surface area (TPSA) is 102 Å². The van der Waals surface area contributed by atoms with Crippen LogP contribution in [0.4, 0.5) is 14.6 Å². The van der Waals surface area contributed by atoms with Gasteiger partial charge in [-0.2, -0.15) is 0 Å². The highest BCUT2D eigenvalue weighted by Crippen LogP contribution is 2.29. The predicted molar refractivity (Wildman–Crippen MR) is 52.8 cm³/mol. The maximum atomic E-state index is 12.8. The maximum absolute atomic E-state index is 12.8. The van der Waals surface area contributed by atoms with Crippen LogP contribution in [0.3, 0.4) is 0 Å². The molecule has 0 radical (unpaired) electrons. The van der Waals surface area contributed by atoms with Gasteiger partial charge in [-0.3, -0.25) is 4.79 Å². The summed E-state index contributed by atoms with van der Waals surface area (Å²) in [4.78, 5) is 14.1. The van der Waals surface area contributed by atoms with Gasteiger partial charge >= 0.3 is 5.97 Å². The first kappa shape index (κ1) is 12.3. The fourth-order valence-electron chi connectivity index (χ4n) is 1.42. The third-order valence-corrected chi connectivity index (χ3v) is 2.10. The lowest BCUT2D eigenvalue weighted by atomic mass is 10.0. The Hall–Kier alpha value is -1.76. The largest absolute Gasteiger partial charge is 0.481 e. The van der Waals surface area contributed by atoms with E-state index in [9.17, 15) is 13.6 Å². The Bertz CT molecular complexity index is 410. The molecule has 0 atom stereocenters. The van der Waals surface area contributed by atoms with Gasteiger partial charge in [0.05, 0.1) is 6.42 Å². The summed E-state index contributed by atoms with van der Waals surface area (Å²) in [5.74, 6) is -1.30. The van der Waals surface area contributed by atoms with Crippen molar-refractivity contribution >= 4 is 11.8 Å². The van der Waals surface area contributed by atoms with E-state index in [0.29, 0.717) is 0 Å². The molecule has 5 N–H and O–H groups in total. The molecule has 1 aromatic rings. The van der Waals surface area contributed by atoms with Crippen LogP contribution in [0.15, 0.2) is 6.20 Å². The van der Waals surface area contributed by atoms with E-state index in [1.807, 2.05) is 0 Å². The van der Waals surface area contributed by atoms with E-state index in [2.05, 4.69) is 4.98 Å². The van der Waals surface area contributed by atoms with Crippen molar-refractivity contribution < 1.29 is 18.7 Å². The van der Waals surface area contributed by atoms with Gasteiger partial charge in [0.2, 0.25) is 0 Å². The summed E-state index contributed by atoms with van der Waals surface area (Å²) in [5.41, 5.74) is 10.2. The van der Waals surface area contributed by atoms with Crippen molar-refractivity contribution in [3.63, 3.8) is 0 Å². The molecule has 0 saturated carbocycles. The second kappa shape index (κ2) is 4.84. The standard InChI is InChI=1S/C9H11F2N3O2/c10-8(11)7-4(1-6(15)16)3-14-9(13)5(7)2-12/h3,8H,1-2,12H2,(H2,13,14)(H,15,16). The van der Waals surface area contributed by atoms with E-state index in [1.165, 1.54) is 0 Å². The van der Waals surface area contributed by atoms with Crippen molar-refractivity contribution in [1.82, 2.24) is 4.98 Å². The first-order valence-corrected chi connectivity index (χ1v) is 4.43. The highest BCUT2D eigenvalue weighted by Gasteiger charge is 2.21. The predicted octanol–water partition coefficient (Wildman–Crippen LogP) is 0.687. The molecule has 1 aromatic heterocycles. The summed E-state index contributed by atoms with van der Waals surface area (Å²) in [6, 6.07) is 0. The number of aromatic nitrogens is 1. The van der Waals surface area contributed by atoms with Gasteiger partial charge in [-0.15, -0.1) is 0 Å². The summed E-state index contributed by atoms with van der Waals surface area (Å²) < 4.78 is 25.5. The fourth-order valence-corrected chi connectivity index (χ4v) is 1.42. The number of anilines is 1. The van der Waals surface area contributed by atoms with Gasteiger partial charge in [-0.25, -0.2) is 13.8 Å². The van der Waals surface area contributed by atoms with E-state index in [-0.39, 0.29) is 23.5 Å². The van der Waals surface area contributed by atoms with Gasteiger partial charge in [0.1, 0.15) is 5.82 Å². The highest BCUT2D eigenvalue weighted by molar-refractivity contribution is 5.71. The fraction of sp³-hybridized carbons (Fsp3) is 0.333. The van der Waals surface area contributed by atoms with Crippen molar-refractivity contribution in [2.45, 2.75) is 19.4 Å². The zero-order valence-corrected chi connectivity index (χ0v) is 8.28. The smallest absolute Gasteiger partial charge is 0.307 e. The van der Waals surface area contributed by atoms with Gasteiger partial charge in [-0.05, 0) is 5.56 Å². The van der Waals surface area contributed by atoms with Crippen molar-refractivity contribution in [2.75, 3.05) is 5.73 Å². The van der Waals surface area contributed by atoms with Crippen LogP contribution < -0.4 is 11.5 Å². The summed E-state index contributed by atoms with van der Waals surface area (Å²) in [5, 5.41) is 8.57. The van der Waals surface area contributed by atoms with E-state index < -0.39 is 24.4 Å². The lowest BCUT2D eigenvalue weighted by Gasteiger charge is -2.13. The minimum Gasteiger partial charge on any atom is -0.481 e. The van der Waals surface area contributed by atoms with Gasteiger partial charge in [0.25, 0.3) is 6.43 Å². The zero-order chi connectivity index (χ0) is 12.3. The molecular formula is C9H11F2N3O2. The highest BCUT2D eigenvalue weighted by atomic mass is 19.3. The van der Waals surface area contributed by atoms with Crippen molar-refractivity contribution in [1.29, 1.82) is 0 Å². The summed E-state index contributed by atoms with van der Waals surface area (Å²) in [6.07, 6.45) is -2.30. The number of hydrogen-bond acceptors (Lipinski definition) is 4. The number of pyridine rings is 1. The van der Waals surface area contributed by atoms with Crippen LogP contribution in [0, 0.1) is 0 Å². The van der Waals surface area contributed by atoms with Crippen LogP contribution in [0.5, 0.6) is 0 Å². The van der Waals surface area contributed by atoms with Crippen LogP contribution >= 0.6 is 0 Å². The minimum absolute atomic E-state index is 0.00810. The van der Waals surface area contributed by atoms with Crippen molar-refractivity contribution in [3.05, 3.63) is 22.9 Å². The number of carbonyl (C=O) groups is 1. The number of aliphatic carboxylic acids is 1. The Morgan fingerprint density at radius 1 is 1.56 bits per heavy atom. The Kier molecular flexibility index (Phi) is 3.73. The molecule has 0 spiro atoms. The Morgan fingerprint density at radius 2 is 2.19 bits per heavy atom. The average molecular weight is 231 g/mol. The molecule has 0 unspecified atom stereocenters. The second-order valence-corrected chi connectivity index (χ2v) is 3.14. The number of nitrogen functional groups attached to an aromatic ring is 1. The SMILES string of the molecule is NCc1c(N)ncc(CC(=O)O)c1C(F)F. The normalized spacial score (nSPS) is 10.8. The van der Waals surface area contributed by atoms with Crippen molar-refractivity contribution in [2.24, 2.45) is 5.73 Å². The molecule has 1 rings (SSSR count). The number of rotatable bonds is 4. The van der Waals surface area contributed by atoms with Crippen LogP contribution in [-0.2, 0) is 17.8 Å². The van der Waals surface area contributed by atoms with E-state index in [1.54, 1.807) is 0 Å². The Balaban J connectivity index is 3.32. The molecule has 0 amide bonds. The van der Waals surface area contributed by atoms with E-state index in [0.717, 1.165) is 6.20 Å². The van der Waals surface area contributed by atoms with E-state index >= 15 is 0 Å². The number of alkyl halides is 2. The lowest BCUT2D eigenvalue weighted by molar-refractivity contribution is -0.136. The minimum atomic E-state index is -2.82. The van der Waals surface area contributed by atoms with Gasteiger partial charge in [0, 0.05) is 23.9 Å². The van der Waals surface area contributed by atoms with Crippen LogP contribution in [0.2, 0.25) is 0 Å². The Morgan fingerprint density at radius 3 is 2.62 bits per heavy atom. The molecule has 0 aliphatic rings. The molecule has 1 heterocycles. The molecule has 7 heteroatoms. The molecule has 88 valence electrons. The zero-order valence-electron chi connectivity index (χ0n) is 8.28. The first-order valence-electron chi connectivity index (χ1n) is 4.43. The summed E-state index contributed by atoms with van der Waals surface area (Å²) in [6.45, 7) is -0.202. The quantitative estimate of drug-likeness (QED) is 0.707. The summed E-state index contributed by atoms with van der Waals surface area (Å²) >= 11 is 0. The molecule has 5 nitrogen and oxygen atoms in total. The molecule has 0 aliphatic heterocycles. The molecular weight excluding hydrogens is 220 g/mol. The second-order valence-electron chi connectivity index (χ2n) is 3.14. The number of halogens is 2. The number of nitrogens with zero attached hydrogens (tertiary/aromatic N) is 1. The average Bonchev–Trinajstić information content (AvgIpc) is 2.18. The molecule has 0 bridgehead atoms.